The molecule has 1 saturated carbocycles. The Labute approximate surface area is 213 Å². The predicted molar refractivity (Wildman–Crippen MR) is 140 cm³/mol. The maximum atomic E-state index is 12.9. The van der Waals surface area contributed by atoms with Crippen LogP contribution in [0.25, 0.3) is 0 Å². The summed E-state index contributed by atoms with van der Waals surface area (Å²) in [5, 5.41) is 19.0. The van der Waals surface area contributed by atoms with E-state index in [9.17, 15) is 14.7 Å². The summed E-state index contributed by atoms with van der Waals surface area (Å²) in [5.41, 5.74) is 2.96. The number of aliphatic hydroxyl groups is 1. The molecule has 0 radical (unpaired) electrons. The highest BCUT2D eigenvalue weighted by Gasteiger charge is 2.43. The number of rotatable bonds is 8. The van der Waals surface area contributed by atoms with Crippen molar-refractivity contribution in [3.05, 3.63) is 59.2 Å². The van der Waals surface area contributed by atoms with Crippen LogP contribution >= 0.6 is 11.6 Å². The third-order valence-electron chi connectivity index (χ3n) is 6.45. The molecule has 0 saturated heterocycles. The number of nitrogens with zero attached hydrogens (tertiary/aromatic N) is 3. The second-order valence-electron chi connectivity index (χ2n) is 9.49. The first-order chi connectivity index (χ1) is 17.3. The number of aromatic nitrogens is 2. The van der Waals surface area contributed by atoms with Crippen molar-refractivity contribution in [2.45, 2.75) is 32.1 Å². The van der Waals surface area contributed by atoms with Gasteiger partial charge in [0.1, 0.15) is 5.02 Å². The number of hydrogen-bond acceptors (Lipinski definition) is 7. The van der Waals surface area contributed by atoms with E-state index in [4.69, 9.17) is 11.6 Å². The molecule has 9 nitrogen and oxygen atoms in total. The minimum atomic E-state index is -0.718. The van der Waals surface area contributed by atoms with Gasteiger partial charge in [0, 0.05) is 23.8 Å². The van der Waals surface area contributed by atoms with Gasteiger partial charge >= 0.3 is 0 Å². The van der Waals surface area contributed by atoms with Crippen LogP contribution in [0.15, 0.2) is 48.7 Å². The molecule has 2 aromatic carbocycles. The summed E-state index contributed by atoms with van der Waals surface area (Å²) < 4.78 is 0. The lowest BCUT2D eigenvalue weighted by Gasteiger charge is -2.19. The number of hydrogen-bond donors (Lipinski definition) is 4. The Morgan fingerprint density at radius 1 is 1.17 bits per heavy atom. The van der Waals surface area contributed by atoms with E-state index in [0.717, 1.165) is 24.1 Å². The van der Waals surface area contributed by atoms with Crippen LogP contribution in [0.5, 0.6) is 0 Å². The third kappa shape index (κ3) is 4.59. The zero-order valence-electron chi connectivity index (χ0n) is 20.0. The topological polar surface area (TPSA) is 119 Å². The first-order valence-corrected chi connectivity index (χ1v) is 12.2. The molecule has 2 heterocycles. The zero-order chi connectivity index (χ0) is 25.4. The number of carbonyl (C=O) groups is 2. The van der Waals surface area contributed by atoms with E-state index >= 15 is 0 Å². The van der Waals surface area contributed by atoms with Gasteiger partial charge in [0.15, 0.2) is 5.82 Å². The summed E-state index contributed by atoms with van der Waals surface area (Å²) in [6.07, 6.45) is 3.33. The van der Waals surface area contributed by atoms with Gasteiger partial charge in [-0.2, -0.15) is 4.98 Å². The Balaban J connectivity index is 1.38. The molecule has 2 amide bonds. The lowest BCUT2D eigenvalue weighted by atomic mass is 9.86. The number of aliphatic hydroxyl groups excluding tert-OH is 1. The van der Waals surface area contributed by atoms with Gasteiger partial charge in [-0.15, -0.1) is 0 Å². The molecular weight excluding hydrogens is 480 g/mol. The molecule has 186 valence electrons. The highest BCUT2D eigenvalue weighted by atomic mass is 35.5. The molecule has 3 aromatic rings. The Kier molecular flexibility index (Phi) is 6.27. The van der Waals surface area contributed by atoms with Crippen molar-refractivity contribution in [1.29, 1.82) is 0 Å². The van der Waals surface area contributed by atoms with E-state index in [1.54, 1.807) is 4.90 Å². The average molecular weight is 507 g/mol. The Bertz CT molecular complexity index is 1340. The lowest BCUT2D eigenvalue weighted by Crippen LogP contribution is -2.37. The van der Waals surface area contributed by atoms with Gasteiger partial charge in [-0.05, 0) is 62.6 Å². The smallest absolute Gasteiger partial charge is 0.237 e. The van der Waals surface area contributed by atoms with Crippen LogP contribution in [-0.4, -0.2) is 40.0 Å². The minimum absolute atomic E-state index is 0.0101. The van der Waals surface area contributed by atoms with Crippen LogP contribution in [0.4, 0.5) is 34.5 Å². The summed E-state index contributed by atoms with van der Waals surface area (Å²) in [7, 11) is 0. The van der Waals surface area contributed by atoms with Gasteiger partial charge in [0.25, 0.3) is 0 Å². The Hall–Kier alpha value is -3.69. The van der Waals surface area contributed by atoms with Gasteiger partial charge < -0.3 is 26.0 Å². The largest absolute Gasteiger partial charge is 0.395 e. The molecule has 1 aromatic heterocycles. The quantitative estimate of drug-likeness (QED) is 0.353. The fraction of sp³-hybridized carbons (Fsp3) is 0.308. The SMILES string of the molecule is CC1(C)C(=O)N(CCO)c2ccc(Nc3ncc(Cl)c(Nc4ccccc4NC(=O)C4CC4)n3)cc21. The molecule has 10 heteroatoms. The summed E-state index contributed by atoms with van der Waals surface area (Å²) in [6, 6.07) is 13.0. The molecule has 36 heavy (non-hydrogen) atoms. The highest BCUT2D eigenvalue weighted by Crippen LogP contribution is 2.43. The van der Waals surface area contributed by atoms with Crippen LogP contribution in [0, 0.1) is 5.92 Å². The molecule has 0 atom stereocenters. The van der Waals surface area contributed by atoms with Crippen molar-refractivity contribution < 1.29 is 14.7 Å². The van der Waals surface area contributed by atoms with E-state index in [0.29, 0.717) is 33.9 Å². The minimum Gasteiger partial charge on any atom is -0.395 e. The number of anilines is 6. The number of amides is 2. The second-order valence-corrected chi connectivity index (χ2v) is 9.89. The van der Waals surface area contributed by atoms with Gasteiger partial charge in [-0.1, -0.05) is 23.7 Å². The number of halogens is 1. The van der Waals surface area contributed by atoms with Gasteiger partial charge in [0.2, 0.25) is 17.8 Å². The molecule has 2 aliphatic rings. The van der Waals surface area contributed by atoms with Crippen molar-refractivity contribution in [3.8, 4) is 0 Å². The summed E-state index contributed by atoms with van der Waals surface area (Å²) in [4.78, 5) is 35.6. The number of carbonyl (C=O) groups excluding carboxylic acids is 2. The number of para-hydroxylation sites is 2. The molecule has 0 spiro atoms. The predicted octanol–water partition coefficient (Wildman–Crippen LogP) is 4.58. The summed E-state index contributed by atoms with van der Waals surface area (Å²) in [5.74, 6) is 0.741. The molecule has 4 N–H and O–H groups in total. The van der Waals surface area contributed by atoms with Crippen molar-refractivity contribution in [2.24, 2.45) is 5.92 Å². The van der Waals surface area contributed by atoms with Crippen molar-refractivity contribution >= 4 is 57.9 Å². The summed E-state index contributed by atoms with van der Waals surface area (Å²) in [6.45, 7) is 3.88. The standard InChI is InChI=1S/C26H27ClN6O3/c1-26(2)17-13-16(9-10-21(17)33(11-12-34)24(26)36)29-25-28-14-18(27)22(32-25)30-19-5-3-4-6-20(19)31-23(35)15-7-8-15/h3-6,9-10,13-15,34H,7-8,11-12H2,1-2H3,(H,31,35)(H2,28,29,30,32). The molecule has 0 unspecified atom stereocenters. The monoisotopic (exact) mass is 506 g/mol. The van der Waals surface area contributed by atoms with E-state index < -0.39 is 5.41 Å². The first-order valence-electron chi connectivity index (χ1n) is 11.8. The average Bonchev–Trinajstić information content (AvgIpc) is 3.69. The van der Waals surface area contributed by atoms with Gasteiger partial charge in [-0.3, -0.25) is 9.59 Å². The number of fused-ring (bicyclic) bond motifs is 1. The highest BCUT2D eigenvalue weighted by molar-refractivity contribution is 6.33. The van der Waals surface area contributed by atoms with Crippen molar-refractivity contribution in [1.82, 2.24) is 9.97 Å². The number of benzene rings is 2. The third-order valence-corrected chi connectivity index (χ3v) is 6.73. The molecule has 0 bridgehead atoms. The summed E-state index contributed by atoms with van der Waals surface area (Å²) >= 11 is 6.38. The molecule has 5 rings (SSSR count). The van der Waals surface area contributed by atoms with Crippen LogP contribution in [0.2, 0.25) is 5.02 Å². The molecule has 1 fully saturated rings. The molecule has 1 aliphatic carbocycles. The Morgan fingerprint density at radius 3 is 2.64 bits per heavy atom. The fourth-order valence-electron chi connectivity index (χ4n) is 4.29. The normalized spacial score (nSPS) is 16.0. The van der Waals surface area contributed by atoms with Crippen LogP contribution in [0.3, 0.4) is 0 Å². The maximum Gasteiger partial charge on any atom is 0.237 e. The zero-order valence-corrected chi connectivity index (χ0v) is 20.8. The van der Waals surface area contributed by atoms with Crippen molar-refractivity contribution in [3.63, 3.8) is 0 Å². The van der Waals surface area contributed by atoms with E-state index in [-0.39, 0.29) is 30.9 Å². The van der Waals surface area contributed by atoms with E-state index in [1.807, 2.05) is 56.3 Å². The number of nitrogens with one attached hydrogen (secondary N) is 3. The fourth-order valence-corrected chi connectivity index (χ4v) is 4.43. The first kappa shape index (κ1) is 24.0. The molecular formula is C26H27ClN6O3. The number of β-amino-alcohol motifs (C(OH)–C–C–N with tert-alkyl or cyclic N) is 1. The Morgan fingerprint density at radius 2 is 1.92 bits per heavy atom. The van der Waals surface area contributed by atoms with Crippen LogP contribution in [0.1, 0.15) is 32.3 Å². The van der Waals surface area contributed by atoms with Crippen LogP contribution < -0.4 is 20.9 Å². The second kappa shape index (κ2) is 9.40. The van der Waals surface area contributed by atoms with Gasteiger partial charge in [0.05, 0.1) is 29.6 Å². The van der Waals surface area contributed by atoms with E-state index in [1.165, 1.54) is 6.20 Å². The molecule has 1 aliphatic heterocycles. The van der Waals surface area contributed by atoms with Crippen molar-refractivity contribution in [2.75, 3.05) is 34.0 Å². The van der Waals surface area contributed by atoms with Gasteiger partial charge in [-0.25, -0.2) is 4.98 Å². The lowest BCUT2D eigenvalue weighted by molar-refractivity contribution is -0.122. The maximum absolute atomic E-state index is 12.9. The van der Waals surface area contributed by atoms with Crippen LogP contribution in [-0.2, 0) is 15.0 Å². The van der Waals surface area contributed by atoms with E-state index in [2.05, 4.69) is 25.9 Å².